The molecule has 3 atom stereocenters. The number of hydrogen-bond acceptors (Lipinski definition) is 5. The number of benzene rings is 2. The van der Waals surface area contributed by atoms with Crippen molar-refractivity contribution in [3.8, 4) is 0 Å². The van der Waals surface area contributed by atoms with E-state index in [1.165, 1.54) is 10.4 Å². The lowest BCUT2D eigenvalue weighted by molar-refractivity contribution is -0.166. The van der Waals surface area contributed by atoms with E-state index in [9.17, 15) is 5.11 Å². The lowest BCUT2D eigenvalue weighted by atomic mass is 10.1. The van der Waals surface area contributed by atoms with E-state index in [0.717, 1.165) is 19.3 Å². The molecule has 2 aromatic carbocycles. The number of aliphatic hydroxyl groups excluding tert-OH is 1. The van der Waals surface area contributed by atoms with Gasteiger partial charge in [0.05, 0.1) is 25.4 Å². The van der Waals surface area contributed by atoms with Crippen LogP contribution in [-0.2, 0) is 18.6 Å². The van der Waals surface area contributed by atoms with Crippen molar-refractivity contribution < 1.29 is 23.7 Å². The van der Waals surface area contributed by atoms with Crippen molar-refractivity contribution in [2.24, 2.45) is 0 Å². The summed E-state index contributed by atoms with van der Waals surface area (Å²) in [5, 5.41) is 12.5. The molecule has 0 radical (unpaired) electrons. The molecule has 0 bridgehead atoms. The minimum absolute atomic E-state index is 0.0211. The highest BCUT2D eigenvalue weighted by atomic mass is 28.4. The third-order valence-electron chi connectivity index (χ3n) is 6.82. The number of aliphatic hydroxyl groups is 1. The highest BCUT2D eigenvalue weighted by Gasteiger charge is 2.50. The minimum Gasteiger partial charge on any atom is -0.407 e. The minimum atomic E-state index is -2.55. The van der Waals surface area contributed by atoms with Crippen molar-refractivity contribution in [2.45, 2.75) is 89.9 Å². The Morgan fingerprint density at radius 1 is 1.03 bits per heavy atom. The Balaban J connectivity index is 1.69. The topological polar surface area (TPSA) is 57.2 Å². The molecule has 0 spiro atoms. The van der Waals surface area contributed by atoms with Crippen LogP contribution in [0.4, 0.5) is 0 Å². The molecule has 1 aliphatic heterocycles. The van der Waals surface area contributed by atoms with E-state index in [2.05, 4.69) is 88.4 Å². The molecule has 1 heterocycles. The SMILES string of the molecule is CC[C@H](O[C@H](CO)CCCO[Si](c1ccccc1)(c1ccccc1)C(C)(C)C)[C@H]1COC(C)(C)O1. The first kappa shape index (κ1) is 28.0. The molecule has 1 N–H and O–H groups in total. The number of hydrogen-bond donors (Lipinski definition) is 1. The Hall–Kier alpha value is -1.54. The second-order valence-electron chi connectivity index (χ2n) is 10.9. The fourth-order valence-electron chi connectivity index (χ4n) is 5.09. The monoisotopic (exact) mass is 500 g/mol. The van der Waals surface area contributed by atoms with Gasteiger partial charge in [-0.25, -0.2) is 0 Å². The predicted octanol–water partition coefficient (Wildman–Crippen LogP) is 4.65. The molecule has 0 aliphatic carbocycles. The maximum atomic E-state index is 10.0. The summed E-state index contributed by atoms with van der Waals surface area (Å²) in [7, 11) is -2.55. The van der Waals surface area contributed by atoms with E-state index < -0.39 is 14.1 Å². The molecule has 0 unspecified atom stereocenters. The second kappa shape index (κ2) is 12.1. The van der Waals surface area contributed by atoms with Crippen molar-refractivity contribution in [3.63, 3.8) is 0 Å². The van der Waals surface area contributed by atoms with Crippen molar-refractivity contribution in [2.75, 3.05) is 19.8 Å². The van der Waals surface area contributed by atoms with Gasteiger partial charge in [0.1, 0.15) is 6.10 Å². The van der Waals surface area contributed by atoms with Crippen LogP contribution in [0.25, 0.3) is 0 Å². The van der Waals surface area contributed by atoms with Gasteiger partial charge in [-0.1, -0.05) is 88.4 Å². The summed E-state index contributed by atoms with van der Waals surface area (Å²) in [6, 6.07) is 21.4. The van der Waals surface area contributed by atoms with Crippen LogP contribution in [0.5, 0.6) is 0 Å². The number of rotatable bonds is 12. The van der Waals surface area contributed by atoms with E-state index in [1.807, 2.05) is 13.8 Å². The van der Waals surface area contributed by atoms with Crippen molar-refractivity contribution >= 4 is 18.7 Å². The molecule has 194 valence electrons. The summed E-state index contributed by atoms with van der Waals surface area (Å²) in [5.74, 6) is -0.584. The van der Waals surface area contributed by atoms with E-state index >= 15 is 0 Å². The van der Waals surface area contributed by atoms with Crippen LogP contribution in [0.2, 0.25) is 5.04 Å². The van der Waals surface area contributed by atoms with Gasteiger partial charge < -0.3 is 23.7 Å². The van der Waals surface area contributed by atoms with Crippen LogP contribution >= 0.6 is 0 Å². The average Bonchev–Trinajstić information content (AvgIpc) is 3.20. The normalized spacial score (nSPS) is 20.0. The molecule has 1 saturated heterocycles. The summed E-state index contributed by atoms with van der Waals surface area (Å²) >= 11 is 0. The lowest BCUT2D eigenvalue weighted by Gasteiger charge is -2.43. The first-order valence-corrected chi connectivity index (χ1v) is 14.9. The third-order valence-corrected chi connectivity index (χ3v) is 11.9. The van der Waals surface area contributed by atoms with Crippen LogP contribution in [0.15, 0.2) is 60.7 Å². The van der Waals surface area contributed by atoms with Crippen LogP contribution < -0.4 is 10.4 Å². The Bertz CT molecular complexity index is 841. The van der Waals surface area contributed by atoms with Gasteiger partial charge in [0.15, 0.2) is 5.79 Å². The predicted molar refractivity (Wildman–Crippen MR) is 144 cm³/mol. The van der Waals surface area contributed by atoms with Crippen molar-refractivity contribution in [3.05, 3.63) is 60.7 Å². The average molecular weight is 501 g/mol. The quantitative estimate of drug-likeness (QED) is 0.340. The van der Waals surface area contributed by atoms with Gasteiger partial charge in [-0.3, -0.25) is 0 Å². The Kier molecular flexibility index (Phi) is 9.72. The molecule has 2 aromatic rings. The second-order valence-corrected chi connectivity index (χ2v) is 15.2. The zero-order valence-electron chi connectivity index (χ0n) is 22.3. The molecule has 5 nitrogen and oxygen atoms in total. The fourth-order valence-corrected chi connectivity index (χ4v) is 9.70. The van der Waals surface area contributed by atoms with Crippen LogP contribution in [0.1, 0.15) is 60.8 Å². The number of ether oxygens (including phenoxy) is 3. The van der Waals surface area contributed by atoms with E-state index in [4.69, 9.17) is 18.6 Å². The zero-order valence-corrected chi connectivity index (χ0v) is 23.3. The molecule has 0 amide bonds. The molecule has 0 aromatic heterocycles. The largest absolute Gasteiger partial charge is 0.407 e. The van der Waals surface area contributed by atoms with E-state index in [1.54, 1.807) is 0 Å². The maximum absolute atomic E-state index is 10.0. The summed E-state index contributed by atoms with van der Waals surface area (Å²) in [6.45, 7) is 13.9. The smallest absolute Gasteiger partial charge is 0.261 e. The van der Waals surface area contributed by atoms with Crippen LogP contribution in [-0.4, -0.2) is 57.3 Å². The Morgan fingerprint density at radius 2 is 1.60 bits per heavy atom. The fraction of sp³-hybridized carbons (Fsp3) is 0.586. The summed E-state index contributed by atoms with van der Waals surface area (Å²) in [5.41, 5.74) is 0. The van der Waals surface area contributed by atoms with Crippen molar-refractivity contribution in [1.82, 2.24) is 0 Å². The standard InChI is InChI=1S/C29H44O5Si/c1-7-26(27-22-31-29(5,6)34-27)33-23(21-30)15-14-20-32-35(28(2,3)4,24-16-10-8-11-17-24)25-18-12-9-13-19-25/h8-13,16-19,23,26-27,30H,7,14-15,20-22H2,1-6H3/t23-,26-,27+/m0/s1. The summed E-state index contributed by atoms with van der Waals surface area (Å²) < 4.78 is 25.0. The Labute approximate surface area is 212 Å². The van der Waals surface area contributed by atoms with Gasteiger partial charge in [0.25, 0.3) is 8.32 Å². The van der Waals surface area contributed by atoms with Gasteiger partial charge >= 0.3 is 0 Å². The molecule has 6 heteroatoms. The maximum Gasteiger partial charge on any atom is 0.261 e. The Morgan fingerprint density at radius 3 is 2.03 bits per heavy atom. The van der Waals surface area contributed by atoms with Gasteiger partial charge in [-0.05, 0) is 48.5 Å². The highest BCUT2D eigenvalue weighted by Crippen LogP contribution is 2.37. The summed E-state index contributed by atoms with van der Waals surface area (Å²) in [6.07, 6.45) is 1.86. The van der Waals surface area contributed by atoms with Crippen LogP contribution in [0.3, 0.4) is 0 Å². The molecule has 0 saturated carbocycles. The van der Waals surface area contributed by atoms with Crippen LogP contribution in [0, 0.1) is 0 Å². The molecule has 1 aliphatic rings. The molecular formula is C29H44O5Si. The molecule has 1 fully saturated rings. The first-order valence-electron chi connectivity index (χ1n) is 13.0. The van der Waals surface area contributed by atoms with Crippen molar-refractivity contribution in [1.29, 1.82) is 0 Å². The van der Waals surface area contributed by atoms with Gasteiger partial charge in [-0.2, -0.15) is 0 Å². The lowest BCUT2D eigenvalue weighted by Crippen LogP contribution is -2.66. The van der Waals surface area contributed by atoms with E-state index in [-0.39, 0.29) is 30.0 Å². The third kappa shape index (κ3) is 6.82. The van der Waals surface area contributed by atoms with Gasteiger partial charge in [0, 0.05) is 6.61 Å². The summed E-state index contributed by atoms with van der Waals surface area (Å²) in [4.78, 5) is 0. The molecule has 3 rings (SSSR count). The van der Waals surface area contributed by atoms with E-state index in [0.29, 0.717) is 13.2 Å². The van der Waals surface area contributed by atoms with Gasteiger partial charge in [0.2, 0.25) is 0 Å². The molecule has 35 heavy (non-hydrogen) atoms. The van der Waals surface area contributed by atoms with Gasteiger partial charge in [-0.15, -0.1) is 0 Å². The first-order chi connectivity index (χ1) is 16.6. The molecular weight excluding hydrogens is 456 g/mol. The zero-order chi connectivity index (χ0) is 25.5. The highest BCUT2D eigenvalue weighted by molar-refractivity contribution is 6.99.